The average molecular weight is 248 g/mol. The molecule has 0 aliphatic carbocycles. The van der Waals surface area contributed by atoms with Gasteiger partial charge < -0.3 is 15.5 Å². The highest BCUT2D eigenvalue weighted by Gasteiger charge is 2.21. The lowest BCUT2D eigenvalue weighted by atomic mass is 9.96. The number of hydrogen-bond acceptors (Lipinski definition) is 4. The second-order valence-corrected chi connectivity index (χ2v) is 5.40. The number of rotatable bonds is 4. The highest BCUT2D eigenvalue weighted by molar-refractivity contribution is 5.51. The minimum absolute atomic E-state index is 0.593. The van der Waals surface area contributed by atoms with E-state index in [9.17, 15) is 0 Å². The van der Waals surface area contributed by atoms with Gasteiger partial charge in [-0.15, -0.1) is 0 Å². The first-order valence-electron chi connectivity index (χ1n) is 6.73. The van der Waals surface area contributed by atoms with Gasteiger partial charge in [0.05, 0.1) is 11.9 Å². The van der Waals surface area contributed by atoms with Crippen LogP contribution in [0.1, 0.15) is 18.4 Å². The molecular weight excluding hydrogens is 224 g/mol. The van der Waals surface area contributed by atoms with Crippen LogP contribution in [0.4, 0.5) is 5.69 Å². The Bertz CT molecular complexity index is 370. The molecule has 2 N–H and O–H groups in total. The van der Waals surface area contributed by atoms with Crippen molar-refractivity contribution in [2.75, 3.05) is 38.6 Å². The van der Waals surface area contributed by atoms with Crippen LogP contribution in [-0.2, 0) is 6.54 Å². The number of anilines is 1. The first-order chi connectivity index (χ1) is 8.70. The fourth-order valence-corrected chi connectivity index (χ4v) is 2.75. The summed E-state index contributed by atoms with van der Waals surface area (Å²) in [5.41, 5.74) is 8.22. The zero-order chi connectivity index (χ0) is 13.0. The molecule has 4 nitrogen and oxygen atoms in total. The smallest absolute Gasteiger partial charge is 0.0598 e. The molecule has 0 spiro atoms. The maximum absolute atomic E-state index is 5.79. The minimum Gasteiger partial charge on any atom is -0.370 e. The van der Waals surface area contributed by atoms with Crippen LogP contribution in [-0.4, -0.2) is 43.6 Å². The number of nitrogens with zero attached hydrogens (tertiary/aromatic N) is 3. The van der Waals surface area contributed by atoms with Gasteiger partial charge in [-0.25, -0.2) is 0 Å². The highest BCUT2D eigenvalue weighted by atomic mass is 15.1. The van der Waals surface area contributed by atoms with Crippen molar-refractivity contribution < 1.29 is 0 Å². The standard InChI is InChI=1S/C14H24N4/c1-17(2)11-12-4-7-18(8-5-12)14-10-16-6-3-13(14)9-15/h3,6,10,12H,4-5,7-9,11,15H2,1-2H3. The fraction of sp³-hybridized carbons (Fsp3) is 0.643. The molecule has 0 radical (unpaired) electrons. The topological polar surface area (TPSA) is 45.4 Å². The first-order valence-corrected chi connectivity index (χ1v) is 6.73. The molecule has 2 rings (SSSR count). The molecule has 0 amide bonds. The predicted octanol–water partition coefficient (Wildman–Crippen LogP) is 1.32. The lowest BCUT2D eigenvalue weighted by Gasteiger charge is -2.35. The van der Waals surface area contributed by atoms with Crippen LogP contribution >= 0.6 is 0 Å². The van der Waals surface area contributed by atoms with E-state index in [0.29, 0.717) is 6.54 Å². The zero-order valence-electron chi connectivity index (χ0n) is 11.5. The molecule has 0 atom stereocenters. The summed E-state index contributed by atoms with van der Waals surface area (Å²) >= 11 is 0. The van der Waals surface area contributed by atoms with E-state index >= 15 is 0 Å². The molecule has 0 unspecified atom stereocenters. The van der Waals surface area contributed by atoms with E-state index < -0.39 is 0 Å². The number of piperidine rings is 1. The molecule has 1 aliphatic rings. The molecule has 1 aliphatic heterocycles. The third kappa shape index (κ3) is 3.21. The van der Waals surface area contributed by atoms with Crippen molar-refractivity contribution in [2.45, 2.75) is 19.4 Å². The van der Waals surface area contributed by atoms with Crippen LogP contribution in [0, 0.1) is 5.92 Å². The maximum atomic E-state index is 5.79. The van der Waals surface area contributed by atoms with Gasteiger partial charge in [-0.3, -0.25) is 4.98 Å². The van der Waals surface area contributed by atoms with Gasteiger partial charge in [-0.2, -0.15) is 0 Å². The molecule has 1 aromatic heterocycles. The van der Waals surface area contributed by atoms with Crippen molar-refractivity contribution in [3.8, 4) is 0 Å². The van der Waals surface area contributed by atoms with E-state index in [1.165, 1.54) is 30.6 Å². The monoisotopic (exact) mass is 248 g/mol. The summed E-state index contributed by atoms with van der Waals surface area (Å²) in [4.78, 5) is 8.95. The van der Waals surface area contributed by atoms with Gasteiger partial charge in [0.15, 0.2) is 0 Å². The molecule has 4 heteroatoms. The van der Waals surface area contributed by atoms with Crippen LogP contribution in [0.15, 0.2) is 18.5 Å². The Kier molecular flexibility index (Phi) is 4.55. The van der Waals surface area contributed by atoms with Crippen molar-refractivity contribution in [3.63, 3.8) is 0 Å². The Balaban J connectivity index is 1.97. The lowest BCUT2D eigenvalue weighted by Crippen LogP contribution is -2.37. The second kappa shape index (κ2) is 6.16. The molecule has 0 aromatic carbocycles. The van der Waals surface area contributed by atoms with Crippen molar-refractivity contribution in [3.05, 3.63) is 24.0 Å². The Morgan fingerprint density at radius 3 is 2.72 bits per heavy atom. The minimum atomic E-state index is 0.593. The number of nitrogens with two attached hydrogens (primary N) is 1. The van der Waals surface area contributed by atoms with Crippen molar-refractivity contribution in [1.82, 2.24) is 9.88 Å². The molecule has 1 saturated heterocycles. The van der Waals surface area contributed by atoms with E-state index in [0.717, 1.165) is 19.0 Å². The van der Waals surface area contributed by atoms with E-state index in [4.69, 9.17) is 5.73 Å². The third-order valence-corrected chi connectivity index (χ3v) is 3.69. The highest BCUT2D eigenvalue weighted by Crippen LogP contribution is 2.25. The number of pyridine rings is 1. The van der Waals surface area contributed by atoms with Gasteiger partial charge in [-0.05, 0) is 44.5 Å². The van der Waals surface area contributed by atoms with Gasteiger partial charge >= 0.3 is 0 Å². The van der Waals surface area contributed by atoms with Gasteiger partial charge in [0.25, 0.3) is 0 Å². The maximum Gasteiger partial charge on any atom is 0.0598 e. The molecule has 2 heterocycles. The summed E-state index contributed by atoms with van der Waals surface area (Å²) < 4.78 is 0. The molecule has 1 fully saturated rings. The van der Waals surface area contributed by atoms with E-state index in [2.05, 4.69) is 28.9 Å². The van der Waals surface area contributed by atoms with Crippen LogP contribution in [0.2, 0.25) is 0 Å². The summed E-state index contributed by atoms with van der Waals surface area (Å²) in [5, 5.41) is 0. The second-order valence-electron chi connectivity index (χ2n) is 5.40. The van der Waals surface area contributed by atoms with Crippen molar-refractivity contribution in [2.24, 2.45) is 11.7 Å². The summed E-state index contributed by atoms with van der Waals surface area (Å²) in [6, 6.07) is 2.03. The first kappa shape index (κ1) is 13.3. The van der Waals surface area contributed by atoms with Crippen LogP contribution < -0.4 is 10.6 Å². The van der Waals surface area contributed by atoms with Gasteiger partial charge in [-0.1, -0.05) is 0 Å². The Morgan fingerprint density at radius 2 is 2.11 bits per heavy atom. The molecule has 0 saturated carbocycles. The summed E-state index contributed by atoms with van der Waals surface area (Å²) in [6.07, 6.45) is 6.30. The molecule has 18 heavy (non-hydrogen) atoms. The fourth-order valence-electron chi connectivity index (χ4n) is 2.75. The van der Waals surface area contributed by atoms with Gasteiger partial charge in [0.1, 0.15) is 0 Å². The SMILES string of the molecule is CN(C)CC1CCN(c2cnccc2CN)CC1. The van der Waals surface area contributed by atoms with Crippen LogP contribution in [0.3, 0.4) is 0 Å². The predicted molar refractivity (Wildman–Crippen MR) is 75.6 cm³/mol. The van der Waals surface area contributed by atoms with Gasteiger partial charge in [0.2, 0.25) is 0 Å². The lowest BCUT2D eigenvalue weighted by molar-refractivity contribution is 0.285. The Hall–Kier alpha value is -1.13. The quantitative estimate of drug-likeness (QED) is 0.873. The summed E-state index contributed by atoms with van der Waals surface area (Å²) in [6.45, 7) is 4.04. The summed E-state index contributed by atoms with van der Waals surface area (Å²) in [7, 11) is 4.31. The molecular formula is C14H24N4. The van der Waals surface area contributed by atoms with Gasteiger partial charge in [0, 0.05) is 32.4 Å². The normalized spacial score (nSPS) is 17.4. The molecule has 0 bridgehead atoms. The summed E-state index contributed by atoms with van der Waals surface area (Å²) in [5.74, 6) is 0.828. The Morgan fingerprint density at radius 1 is 1.39 bits per heavy atom. The Labute approximate surface area is 110 Å². The number of hydrogen-bond donors (Lipinski definition) is 1. The average Bonchev–Trinajstić information content (AvgIpc) is 2.39. The van der Waals surface area contributed by atoms with Crippen molar-refractivity contribution in [1.29, 1.82) is 0 Å². The number of aromatic nitrogens is 1. The molecule has 100 valence electrons. The zero-order valence-corrected chi connectivity index (χ0v) is 11.5. The third-order valence-electron chi connectivity index (χ3n) is 3.69. The molecule has 1 aromatic rings. The van der Waals surface area contributed by atoms with Crippen molar-refractivity contribution >= 4 is 5.69 Å². The largest absolute Gasteiger partial charge is 0.370 e. The van der Waals surface area contributed by atoms with E-state index in [1.807, 2.05) is 18.5 Å². The van der Waals surface area contributed by atoms with E-state index in [-0.39, 0.29) is 0 Å². The van der Waals surface area contributed by atoms with Crippen LogP contribution in [0.5, 0.6) is 0 Å². The van der Waals surface area contributed by atoms with E-state index in [1.54, 1.807) is 0 Å². The van der Waals surface area contributed by atoms with Crippen LogP contribution in [0.25, 0.3) is 0 Å².